The molecule has 6 heteroatoms. The molecule has 114 valence electrons. The highest BCUT2D eigenvalue weighted by Gasteiger charge is 2.21. The Morgan fingerprint density at radius 3 is 2.76 bits per heavy atom. The molecule has 0 bridgehead atoms. The number of carboxylic acid groups (broad SMARTS) is 1. The summed E-state index contributed by atoms with van der Waals surface area (Å²) in [7, 11) is 0. The summed E-state index contributed by atoms with van der Waals surface area (Å²) in [4.78, 5) is 22.8. The van der Waals surface area contributed by atoms with Crippen LogP contribution in [0.1, 0.15) is 36.5 Å². The molecule has 1 amide bonds. The Bertz CT molecular complexity index is 548. The molecule has 0 radical (unpaired) electrons. The van der Waals surface area contributed by atoms with E-state index in [-0.39, 0.29) is 18.0 Å². The van der Waals surface area contributed by atoms with Crippen molar-refractivity contribution >= 4 is 29.2 Å². The number of carboxylic acids is 1. The summed E-state index contributed by atoms with van der Waals surface area (Å²) >= 11 is 5.96. The van der Waals surface area contributed by atoms with E-state index in [9.17, 15) is 9.59 Å². The highest BCUT2D eigenvalue weighted by molar-refractivity contribution is 6.33. The molecule has 1 aliphatic carbocycles. The highest BCUT2D eigenvalue weighted by atomic mass is 35.5. The fraction of sp³-hybridized carbons (Fsp3) is 0.467. The second-order valence-corrected chi connectivity index (χ2v) is 5.95. The third-order valence-corrected chi connectivity index (χ3v) is 4.06. The van der Waals surface area contributed by atoms with Gasteiger partial charge in [-0.3, -0.25) is 4.79 Å². The predicted molar refractivity (Wildman–Crippen MR) is 81.8 cm³/mol. The van der Waals surface area contributed by atoms with Crippen LogP contribution in [-0.4, -0.2) is 29.6 Å². The summed E-state index contributed by atoms with van der Waals surface area (Å²) in [5.41, 5.74) is 0.412. The first kappa shape index (κ1) is 15.8. The fourth-order valence-corrected chi connectivity index (χ4v) is 2.74. The monoisotopic (exact) mass is 310 g/mol. The molecule has 1 saturated carbocycles. The van der Waals surface area contributed by atoms with Crippen LogP contribution in [0.5, 0.6) is 0 Å². The number of anilines is 1. The van der Waals surface area contributed by atoms with Crippen molar-refractivity contribution in [3.63, 3.8) is 0 Å². The van der Waals surface area contributed by atoms with Gasteiger partial charge in [-0.15, -0.1) is 0 Å². The average Bonchev–Trinajstić information content (AvgIpc) is 2.84. The van der Waals surface area contributed by atoms with Crippen LogP contribution >= 0.6 is 11.6 Å². The van der Waals surface area contributed by atoms with E-state index < -0.39 is 5.97 Å². The van der Waals surface area contributed by atoms with Crippen LogP contribution in [0.2, 0.25) is 5.02 Å². The fourth-order valence-electron chi connectivity index (χ4n) is 2.58. The Labute approximate surface area is 128 Å². The molecule has 0 spiro atoms. The van der Waals surface area contributed by atoms with Crippen molar-refractivity contribution in [3.8, 4) is 0 Å². The summed E-state index contributed by atoms with van der Waals surface area (Å²) in [6.45, 7) is 2.41. The Kier molecular flexibility index (Phi) is 5.20. The van der Waals surface area contributed by atoms with Gasteiger partial charge in [0.2, 0.25) is 5.91 Å². The molecule has 1 aromatic carbocycles. The number of hydrogen-bond acceptors (Lipinski definition) is 3. The largest absolute Gasteiger partial charge is 0.478 e. The van der Waals surface area contributed by atoms with Gasteiger partial charge in [-0.25, -0.2) is 4.79 Å². The lowest BCUT2D eigenvalue weighted by molar-refractivity contribution is -0.115. The van der Waals surface area contributed by atoms with Gasteiger partial charge in [-0.1, -0.05) is 18.5 Å². The molecule has 2 atom stereocenters. The van der Waals surface area contributed by atoms with Crippen LogP contribution in [0.15, 0.2) is 18.2 Å². The number of carbonyl (C=O) groups excluding carboxylic acids is 1. The zero-order valence-corrected chi connectivity index (χ0v) is 12.6. The smallest absolute Gasteiger partial charge is 0.335 e. The molecule has 3 N–H and O–H groups in total. The van der Waals surface area contributed by atoms with E-state index in [1.807, 2.05) is 0 Å². The SMILES string of the molecule is CC1CCC(NCC(=O)Nc2cc(C(=O)O)ccc2Cl)C1. The minimum Gasteiger partial charge on any atom is -0.478 e. The van der Waals surface area contributed by atoms with Crippen molar-refractivity contribution < 1.29 is 14.7 Å². The molecule has 0 aromatic heterocycles. The number of nitrogens with one attached hydrogen (secondary N) is 2. The van der Waals surface area contributed by atoms with E-state index in [4.69, 9.17) is 16.7 Å². The van der Waals surface area contributed by atoms with Gasteiger partial charge in [-0.05, 0) is 43.4 Å². The first-order chi connectivity index (χ1) is 9.95. The summed E-state index contributed by atoms with van der Waals surface area (Å²) in [5.74, 6) is -0.577. The van der Waals surface area contributed by atoms with Crippen molar-refractivity contribution in [2.75, 3.05) is 11.9 Å². The Morgan fingerprint density at radius 2 is 2.14 bits per heavy atom. The molecule has 1 fully saturated rings. The maximum absolute atomic E-state index is 11.9. The number of aromatic carboxylic acids is 1. The van der Waals surface area contributed by atoms with Crippen LogP contribution in [0.3, 0.4) is 0 Å². The number of rotatable bonds is 5. The third-order valence-electron chi connectivity index (χ3n) is 3.73. The number of halogens is 1. The van der Waals surface area contributed by atoms with Gasteiger partial charge in [-0.2, -0.15) is 0 Å². The van der Waals surface area contributed by atoms with Gasteiger partial charge in [0.05, 0.1) is 22.8 Å². The van der Waals surface area contributed by atoms with Crippen LogP contribution in [0.4, 0.5) is 5.69 Å². The molecule has 0 saturated heterocycles. The van der Waals surface area contributed by atoms with Crippen molar-refractivity contribution in [1.82, 2.24) is 5.32 Å². The lowest BCUT2D eigenvalue weighted by atomic mass is 10.1. The van der Waals surface area contributed by atoms with Gasteiger partial charge in [0.15, 0.2) is 0 Å². The maximum atomic E-state index is 11.9. The Balaban J connectivity index is 1.90. The van der Waals surface area contributed by atoms with Crippen LogP contribution in [0, 0.1) is 5.92 Å². The number of amides is 1. The third kappa shape index (κ3) is 4.44. The van der Waals surface area contributed by atoms with E-state index in [0.717, 1.165) is 12.8 Å². The van der Waals surface area contributed by atoms with E-state index in [0.29, 0.717) is 22.7 Å². The molecule has 0 aliphatic heterocycles. The van der Waals surface area contributed by atoms with Crippen molar-refractivity contribution in [2.45, 2.75) is 32.2 Å². The van der Waals surface area contributed by atoms with Gasteiger partial charge >= 0.3 is 5.97 Å². The van der Waals surface area contributed by atoms with Crippen molar-refractivity contribution in [1.29, 1.82) is 0 Å². The normalized spacial score (nSPS) is 21.2. The number of benzene rings is 1. The van der Waals surface area contributed by atoms with Crippen molar-refractivity contribution in [2.24, 2.45) is 5.92 Å². The number of carbonyl (C=O) groups is 2. The lowest BCUT2D eigenvalue weighted by Gasteiger charge is -2.13. The van der Waals surface area contributed by atoms with Gasteiger partial charge in [0.25, 0.3) is 0 Å². The summed E-state index contributed by atoms with van der Waals surface area (Å²) in [6.07, 6.45) is 3.36. The Morgan fingerprint density at radius 1 is 1.38 bits per heavy atom. The van der Waals surface area contributed by atoms with Gasteiger partial charge in [0.1, 0.15) is 0 Å². The molecule has 1 aromatic rings. The van der Waals surface area contributed by atoms with Crippen LogP contribution < -0.4 is 10.6 Å². The topological polar surface area (TPSA) is 78.4 Å². The second-order valence-electron chi connectivity index (χ2n) is 5.54. The van der Waals surface area contributed by atoms with E-state index >= 15 is 0 Å². The lowest BCUT2D eigenvalue weighted by Crippen LogP contribution is -2.34. The Hall–Kier alpha value is -1.59. The van der Waals surface area contributed by atoms with E-state index in [2.05, 4.69) is 17.6 Å². The molecule has 21 heavy (non-hydrogen) atoms. The van der Waals surface area contributed by atoms with Gasteiger partial charge in [0, 0.05) is 6.04 Å². The summed E-state index contributed by atoms with van der Waals surface area (Å²) in [5, 5.41) is 15.1. The first-order valence-corrected chi connectivity index (χ1v) is 7.39. The van der Waals surface area contributed by atoms with Crippen LogP contribution in [0.25, 0.3) is 0 Å². The predicted octanol–water partition coefficient (Wildman–Crippen LogP) is 2.75. The van der Waals surface area contributed by atoms with E-state index in [1.54, 1.807) is 0 Å². The van der Waals surface area contributed by atoms with Crippen LogP contribution in [-0.2, 0) is 4.79 Å². The minimum absolute atomic E-state index is 0.0901. The number of hydrogen-bond donors (Lipinski definition) is 3. The summed E-state index contributed by atoms with van der Waals surface area (Å²) in [6, 6.07) is 4.61. The molecule has 1 aliphatic rings. The molecule has 0 heterocycles. The molecule has 5 nitrogen and oxygen atoms in total. The second kappa shape index (κ2) is 6.91. The molecular formula is C15H19ClN2O3. The molecule has 2 rings (SSSR count). The highest BCUT2D eigenvalue weighted by Crippen LogP contribution is 2.25. The zero-order chi connectivity index (χ0) is 15.4. The standard InChI is InChI=1S/C15H19ClN2O3/c1-9-2-4-11(6-9)17-8-14(19)18-13-7-10(15(20)21)3-5-12(13)16/h3,5,7,9,11,17H,2,4,6,8H2,1H3,(H,18,19)(H,20,21). The first-order valence-electron chi connectivity index (χ1n) is 7.01. The van der Waals surface area contributed by atoms with Crippen molar-refractivity contribution in [3.05, 3.63) is 28.8 Å². The maximum Gasteiger partial charge on any atom is 0.335 e. The average molecular weight is 311 g/mol. The minimum atomic E-state index is -1.06. The molecular weight excluding hydrogens is 292 g/mol. The zero-order valence-electron chi connectivity index (χ0n) is 11.9. The van der Waals surface area contributed by atoms with Gasteiger partial charge < -0.3 is 15.7 Å². The molecule has 2 unspecified atom stereocenters. The quantitative estimate of drug-likeness (QED) is 0.781. The van der Waals surface area contributed by atoms with E-state index in [1.165, 1.54) is 24.6 Å². The summed E-state index contributed by atoms with van der Waals surface area (Å²) < 4.78 is 0.